The summed E-state index contributed by atoms with van der Waals surface area (Å²) in [6, 6.07) is 2.49. The van der Waals surface area contributed by atoms with Crippen LogP contribution >= 0.6 is 11.9 Å². The molecule has 2 amide bonds. The summed E-state index contributed by atoms with van der Waals surface area (Å²) in [5.74, 6) is -0.432. The molecule has 1 aliphatic rings. The molecule has 1 aromatic rings. The van der Waals surface area contributed by atoms with E-state index in [9.17, 15) is 9.18 Å². The van der Waals surface area contributed by atoms with Gasteiger partial charge >= 0.3 is 6.03 Å². The van der Waals surface area contributed by atoms with Crippen LogP contribution in [0.3, 0.4) is 0 Å². The number of amides is 2. The van der Waals surface area contributed by atoms with Crippen LogP contribution in [0.4, 0.5) is 14.9 Å². The molecule has 0 bridgehead atoms. The number of nitrogens with one attached hydrogen (secondary N) is 2. The van der Waals surface area contributed by atoms with Crippen LogP contribution in [-0.4, -0.2) is 13.1 Å². The average Bonchev–Trinajstić information content (AvgIpc) is 2.17. The highest BCUT2D eigenvalue weighted by atomic mass is 32.2. The lowest BCUT2D eigenvalue weighted by Gasteiger charge is -2.19. The molecule has 6 heteroatoms. The van der Waals surface area contributed by atoms with Crippen LogP contribution in [0.15, 0.2) is 17.0 Å². The largest absolute Gasteiger partial charge is 0.492 e. The molecule has 2 N–H and O–H groups in total. The molecule has 0 fully saturated rings. The number of benzene rings is 1. The molecular formula is C8H7FN2O2S. The van der Waals surface area contributed by atoms with Crippen molar-refractivity contribution in [1.82, 2.24) is 4.72 Å². The zero-order valence-corrected chi connectivity index (χ0v) is 8.07. The molecule has 0 atom stereocenters. The van der Waals surface area contributed by atoms with Crippen molar-refractivity contribution >= 4 is 23.7 Å². The predicted molar refractivity (Wildman–Crippen MR) is 51.0 cm³/mol. The number of rotatable bonds is 1. The summed E-state index contributed by atoms with van der Waals surface area (Å²) in [5.41, 5.74) is 0.376. The lowest BCUT2D eigenvalue weighted by atomic mass is 10.2. The second-order valence-corrected chi connectivity index (χ2v) is 3.46. The van der Waals surface area contributed by atoms with Crippen molar-refractivity contribution in [3.05, 3.63) is 17.9 Å². The first-order valence-electron chi connectivity index (χ1n) is 3.82. The van der Waals surface area contributed by atoms with E-state index in [0.29, 0.717) is 5.69 Å². The zero-order chi connectivity index (χ0) is 10.1. The Morgan fingerprint density at radius 3 is 3.00 bits per heavy atom. The Bertz CT molecular complexity index is 397. The lowest BCUT2D eigenvalue weighted by Crippen LogP contribution is -2.27. The maximum Gasteiger partial charge on any atom is 0.329 e. The van der Waals surface area contributed by atoms with Crippen LogP contribution in [0.1, 0.15) is 0 Å². The fraction of sp³-hybridized carbons (Fsp3) is 0.125. The van der Waals surface area contributed by atoms with Gasteiger partial charge in [0.25, 0.3) is 0 Å². The van der Waals surface area contributed by atoms with Gasteiger partial charge in [0.05, 0.1) is 12.0 Å². The van der Waals surface area contributed by atoms with E-state index < -0.39 is 5.82 Å². The summed E-state index contributed by atoms with van der Waals surface area (Å²) >= 11 is 1.13. The van der Waals surface area contributed by atoms with Gasteiger partial charge in [-0.2, -0.15) is 0 Å². The molecular weight excluding hydrogens is 207 g/mol. The van der Waals surface area contributed by atoms with E-state index in [-0.39, 0.29) is 11.8 Å². The fourth-order valence-electron chi connectivity index (χ4n) is 1.18. The number of hydrogen-bond donors (Lipinski definition) is 2. The molecule has 14 heavy (non-hydrogen) atoms. The molecule has 0 unspecified atom stereocenters. The summed E-state index contributed by atoms with van der Waals surface area (Å²) in [6.07, 6.45) is 0. The van der Waals surface area contributed by atoms with Crippen LogP contribution in [0, 0.1) is 5.82 Å². The molecule has 1 aromatic carbocycles. The Balaban J connectivity index is 2.54. The first-order valence-corrected chi connectivity index (χ1v) is 4.64. The van der Waals surface area contributed by atoms with Gasteiger partial charge in [-0.3, -0.25) is 4.72 Å². The lowest BCUT2D eigenvalue weighted by molar-refractivity contribution is 0.256. The Morgan fingerprint density at radius 2 is 2.29 bits per heavy atom. The average molecular weight is 214 g/mol. The van der Waals surface area contributed by atoms with Gasteiger partial charge in [-0.05, 0) is 24.1 Å². The number of carbonyl (C=O) groups excluding carboxylic acids is 1. The molecule has 2 rings (SSSR count). The minimum Gasteiger partial charge on any atom is -0.492 e. The molecule has 0 spiro atoms. The van der Waals surface area contributed by atoms with Gasteiger partial charge in [0.1, 0.15) is 5.69 Å². The first kappa shape index (κ1) is 9.14. The van der Waals surface area contributed by atoms with Crippen LogP contribution < -0.4 is 14.8 Å². The van der Waals surface area contributed by atoms with Crippen molar-refractivity contribution in [3.8, 4) is 5.75 Å². The van der Waals surface area contributed by atoms with Gasteiger partial charge in [-0.1, -0.05) is 0 Å². The smallest absolute Gasteiger partial charge is 0.329 e. The van der Waals surface area contributed by atoms with Gasteiger partial charge in [0.15, 0.2) is 11.6 Å². The molecule has 0 aliphatic carbocycles. The topological polar surface area (TPSA) is 50.4 Å². The Kier molecular flexibility index (Phi) is 2.20. The molecule has 0 saturated carbocycles. The van der Waals surface area contributed by atoms with E-state index >= 15 is 0 Å². The van der Waals surface area contributed by atoms with E-state index in [4.69, 9.17) is 4.74 Å². The number of methoxy groups -OCH3 is 1. The van der Waals surface area contributed by atoms with E-state index in [1.807, 2.05) is 0 Å². The third kappa shape index (κ3) is 1.37. The third-order valence-electron chi connectivity index (χ3n) is 1.77. The maximum absolute atomic E-state index is 13.2. The number of fused-ring (bicyclic) bond motifs is 1. The SMILES string of the molecule is COc1c(F)ccc2c1NC(=O)NS2. The zero-order valence-electron chi connectivity index (χ0n) is 7.26. The summed E-state index contributed by atoms with van der Waals surface area (Å²) in [6.45, 7) is 0. The van der Waals surface area contributed by atoms with E-state index in [0.717, 1.165) is 16.8 Å². The van der Waals surface area contributed by atoms with Crippen molar-refractivity contribution < 1.29 is 13.9 Å². The van der Waals surface area contributed by atoms with Gasteiger partial charge in [0, 0.05) is 0 Å². The molecule has 0 aromatic heterocycles. The number of halogens is 1. The van der Waals surface area contributed by atoms with Crippen molar-refractivity contribution in [2.24, 2.45) is 0 Å². The molecule has 4 nitrogen and oxygen atoms in total. The van der Waals surface area contributed by atoms with E-state index in [2.05, 4.69) is 10.0 Å². The van der Waals surface area contributed by atoms with Crippen molar-refractivity contribution in [2.75, 3.05) is 12.4 Å². The monoisotopic (exact) mass is 214 g/mol. The Morgan fingerprint density at radius 1 is 1.50 bits per heavy atom. The summed E-state index contributed by atoms with van der Waals surface area (Å²) in [4.78, 5) is 11.7. The maximum atomic E-state index is 13.2. The second-order valence-electron chi connectivity index (χ2n) is 2.61. The predicted octanol–water partition coefficient (Wildman–Crippen LogP) is 1.98. The van der Waals surface area contributed by atoms with E-state index in [1.54, 1.807) is 6.07 Å². The molecule has 1 heterocycles. The number of urea groups is 1. The number of ether oxygens (including phenoxy) is 1. The number of anilines is 1. The fourth-order valence-corrected chi connectivity index (χ4v) is 1.82. The van der Waals surface area contributed by atoms with E-state index in [1.165, 1.54) is 13.2 Å². The summed E-state index contributed by atoms with van der Waals surface area (Å²) in [5, 5.41) is 2.48. The molecule has 0 radical (unpaired) electrons. The third-order valence-corrected chi connectivity index (χ3v) is 2.62. The quantitative estimate of drug-likeness (QED) is 0.703. The van der Waals surface area contributed by atoms with Crippen molar-refractivity contribution in [3.63, 3.8) is 0 Å². The highest BCUT2D eigenvalue weighted by molar-refractivity contribution is 7.98. The molecule has 0 saturated heterocycles. The number of carbonyl (C=O) groups is 1. The van der Waals surface area contributed by atoms with Gasteiger partial charge in [0.2, 0.25) is 0 Å². The van der Waals surface area contributed by atoms with Gasteiger partial charge in [-0.25, -0.2) is 9.18 Å². The highest BCUT2D eigenvalue weighted by Crippen LogP contribution is 2.38. The van der Waals surface area contributed by atoms with Gasteiger partial charge < -0.3 is 10.1 Å². The minimum absolute atomic E-state index is 0.0600. The van der Waals surface area contributed by atoms with Gasteiger partial charge in [-0.15, -0.1) is 0 Å². The highest BCUT2D eigenvalue weighted by Gasteiger charge is 2.21. The second kappa shape index (κ2) is 3.38. The van der Waals surface area contributed by atoms with Crippen LogP contribution in [0.25, 0.3) is 0 Å². The Labute approximate surface area is 84.0 Å². The minimum atomic E-state index is -0.492. The Hall–Kier alpha value is -1.43. The standard InChI is InChI=1S/C8H7FN2O2S/c1-13-7-4(9)2-3-5-6(7)10-8(12)11-14-5/h2-3H,1H3,(H2,10,11,12). The number of hydrogen-bond acceptors (Lipinski definition) is 3. The van der Waals surface area contributed by atoms with Crippen LogP contribution in [0.5, 0.6) is 5.75 Å². The van der Waals surface area contributed by atoms with Crippen LogP contribution in [0.2, 0.25) is 0 Å². The van der Waals surface area contributed by atoms with Crippen LogP contribution in [-0.2, 0) is 0 Å². The normalized spacial score (nSPS) is 14.0. The van der Waals surface area contributed by atoms with Crippen molar-refractivity contribution in [1.29, 1.82) is 0 Å². The first-order chi connectivity index (χ1) is 6.72. The summed E-state index contributed by atoms with van der Waals surface area (Å²) in [7, 11) is 1.36. The molecule has 1 aliphatic heterocycles. The molecule has 74 valence electrons. The summed E-state index contributed by atoms with van der Waals surface area (Å²) < 4.78 is 20.6. The van der Waals surface area contributed by atoms with Crippen molar-refractivity contribution in [2.45, 2.75) is 4.90 Å².